The molecule has 6 rings (SSSR count). The van der Waals surface area contributed by atoms with Crippen molar-refractivity contribution in [1.29, 1.82) is 0 Å². The predicted molar refractivity (Wildman–Crippen MR) is 165 cm³/mol. The van der Waals surface area contributed by atoms with E-state index in [1.165, 1.54) is 0 Å². The molecular formula is C34H26Cl2N2O5. The second-order valence-electron chi connectivity index (χ2n) is 10.4. The number of hydrogen-bond acceptors (Lipinski definition) is 5. The van der Waals surface area contributed by atoms with E-state index in [0.717, 1.165) is 5.56 Å². The molecule has 1 spiro atoms. The largest absolute Gasteiger partial charge is 0.491 e. The maximum absolute atomic E-state index is 14.4. The van der Waals surface area contributed by atoms with Crippen LogP contribution in [0.2, 0.25) is 10.0 Å². The molecular weight excluding hydrogens is 587 g/mol. The Morgan fingerprint density at radius 3 is 2.47 bits per heavy atom. The van der Waals surface area contributed by atoms with Crippen molar-refractivity contribution in [3.05, 3.63) is 117 Å². The lowest BCUT2D eigenvalue weighted by Crippen LogP contribution is -2.56. The number of piperidine rings is 1. The molecule has 2 aliphatic heterocycles. The van der Waals surface area contributed by atoms with Gasteiger partial charge in [-0.25, -0.2) is 0 Å². The zero-order valence-electron chi connectivity index (χ0n) is 22.8. The topological polar surface area (TPSA) is 96.9 Å². The van der Waals surface area contributed by atoms with E-state index < -0.39 is 17.4 Å². The van der Waals surface area contributed by atoms with E-state index in [1.807, 2.05) is 18.2 Å². The van der Waals surface area contributed by atoms with E-state index >= 15 is 0 Å². The Morgan fingerprint density at radius 1 is 0.953 bits per heavy atom. The minimum atomic E-state index is -1.30. The van der Waals surface area contributed by atoms with Gasteiger partial charge in [0.15, 0.2) is 0 Å². The summed E-state index contributed by atoms with van der Waals surface area (Å²) in [6.45, 7) is 0.0704. The van der Waals surface area contributed by atoms with Gasteiger partial charge in [-0.1, -0.05) is 47.3 Å². The number of aliphatic hydroxyl groups excluding tert-OH is 1. The summed E-state index contributed by atoms with van der Waals surface area (Å²) in [5.41, 5.74) is 1.80. The van der Waals surface area contributed by atoms with Gasteiger partial charge in [0.25, 0.3) is 0 Å². The first-order valence-corrected chi connectivity index (χ1v) is 14.4. The lowest BCUT2D eigenvalue weighted by Gasteiger charge is -2.46. The monoisotopic (exact) mass is 612 g/mol. The van der Waals surface area contributed by atoms with Crippen LogP contribution in [0.1, 0.15) is 40.6 Å². The maximum Gasteiger partial charge on any atom is 0.238 e. The third-order valence-corrected chi connectivity index (χ3v) is 8.37. The van der Waals surface area contributed by atoms with Gasteiger partial charge in [-0.15, -0.1) is 6.42 Å². The van der Waals surface area contributed by atoms with E-state index in [9.17, 15) is 9.59 Å². The van der Waals surface area contributed by atoms with Crippen molar-refractivity contribution in [2.24, 2.45) is 0 Å². The number of fused-ring (bicyclic) bond motifs is 2. The van der Waals surface area contributed by atoms with E-state index in [4.69, 9.17) is 44.2 Å². The Labute approximate surface area is 258 Å². The molecule has 1 fully saturated rings. The highest BCUT2D eigenvalue weighted by Gasteiger charge is 2.61. The lowest BCUT2D eigenvalue weighted by atomic mass is 9.59. The molecule has 3 atom stereocenters. The molecule has 0 saturated carbocycles. The van der Waals surface area contributed by atoms with Gasteiger partial charge in [-0.05, 0) is 77.9 Å². The number of carbonyl (C=O) groups is 2. The molecule has 4 aromatic rings. The van der Waals surface area contributed by atoms with E-state index in [2.05, 4.69) is 16.6 Å². The average Bonchev–Trinajstić information content (AvgIpc) is 3.28. The summed E-state index contributed by atoms with van der Waals surface area (Å²) in [5, 5.41) is 16.2. The molecule has 0 aromatic heterocycles. The molecule has 2 heterocycles. The number of hydrogen-bond donors (Lipinski definition) is 3. The fourth-order valence-electron chi connectivity index (χ4n) is 6.12. The fourth-order valence-corrected chi connectivity index (χ4v) is 6.49. The summed E-state index contributed by atoms with van der Waals surface area (Å²) in [7, 11) is 0. The molecule has 4 aromatic carbocycles. The number of nitrogens with one attached hydrogen (secondary N) is 2. The van der Waals surface area contributed by atoms with Crippen molar-refractivity contribution in [2.45, 2.75) is 23.8 Å². The van der Waals surface area contributed by atoms with Crippen LogP contribution >= 0.6 is 23.2 Å². The first-order chi connectivity index (χ1) is 20.8. The number of terminal acetylenes is 1. The number of ether oxygens (including phenoxy) is 2. The molecule has 3 N–H and O–H groups in total. The van der Waals surface area contributed by atoms with Gasteiger partial charge < -0.3 is 25.2 Å². The SMILES string of the molecule is C#Cc1ccc(Oc2ccc(OCCO)cc2)c(C2NC(=O)CC(c3cccc(Cl)c3)C23C(=O)Nc2cc(Cl)ccc23)c1. The van der Waals surface area contributed by atoms with Crippen molar-refractivity contribution in [2.75, 3.05) is 18.5 Å². The van der Waals surface area contributed by atoms with Gasteiger partial charge in [-0.3, -0.25) is 9.59 Å². The van der Waals surface area contributed by atoms with Gasteiger partial charge in [0.05, 0.1) is 12.6 Å². The first-order valence-electron chi connectivity index (χ1n) is 13.6. The zero-order chi connectivity index (χ0) is 30.1. The number of aliphatic hydroxyl groups is 1. The van der Waals surface area contributed by atoms with Crippen molar-refractivity contribution in [1.82, 2.24) is 5.32 Å². The Hall–Kier alpha value is -4.48. The Kier molecular flexibility index (Phi) is 7.76. The predicted octanol–water partition coefficient (Wildman–Crippen LogP) is 6.37. The van der Waals surface area contributed by atoms with Crippen LogP contribution in [0, 0.1) is 12.3 Å². The summed E-state index contributed by atoms with van der Waals surface area (Å²) in [5.74, 6) is 3.03. The van der Waals surface area contributed by atoms with Gasteiger partial charge in [-0.2, -0.15) is 0 Å². The fraction of sp³-hybridized carbons (Fsp3) is 0.176. The van der Waals surface area contributed by atoms with Crippen LogP contribution in [0.3, 0.4) is 0 Å². The van der Waals surface area contributed by atoms with Crippen LogP contribution in [0.25, 0.3) is 0 Å². The second-order valence-corrected chi connectivity index (χ2v) is 11.2. The van der Waals surface area contributed by atoms with Crippen molar-refractivity contribution < 1.29 is 24.2 Å². The molecule has 0 aliphatic carbocycles. The van der Waals surface area contributed by atoms with Gasteiger partial charge in [0.1, 0.15) is 29.3 Å². The molecule has 3 unspecified atom stereocenters. The minimum absolute atomic E-state index is 0.0483. The molecule has 43 heavy (non-hydrogen) atoms. The minimum Gasteiger partial charge on any atom is -0.491 e. The quantitative estimate of drug-likeness (QED) is 0.211. The lowest BCUT2D eigenvalue weighted by molar-refractivity contribution is -0.131. The maximum atomic E-state index is 14.4. The summed E-state index contributed by atoms with van der Waals surface area (Å²) in [6.07, 6.45) is 5.87. The normalized spacial score (nSPS) is 20.6. The number of benzene rings is 4. The molecule has 2 aliphatic rings. The molecule has 7 nitrogen and oxygen atoms in total. The Balaban J connectivity index is 1.54. The van der Waals surface area contributed by atoms with E-state index in [0.29, 0.717) is 49.7 Å². The highest BCUT2D eigenvalue weighted by molar-refractivity contribution is 6.31. The van der Waals surface area contributed by atoms with Crippen molar-refractivity contribution in [3.8, 4) is 29.6 Å². The van der Waals surface area contributed by atoms with E-state index in [1.54, 1.807) is 66.7 Å². The van der Waals surface area contributed by atoms with Crippen LogP contribution < -0.4 is 20.1 Å². The zero-order valence-corrected chi connectivity index (χ0v) is 24.3. The van der Waals surface area contributed by atoms with Gasteiger partial charge in [0.2, 0.25) is 11.8 Å². The van der Waals surface area contributed by atoms with Crippen LogP contribution in [0.15, 0.2) is 84.9 Å². The molecule has 0 bridgehead atoms. The summed E-state index contributed by atoms with van der Waals surface area (Å²) in [4.78, 5) is 27.8. The third kappa shape index (κ3) is 5.19. The average molecular weight is 613 g/mol. The summed E-state index contributed by atoms with van der Waals surface area (Å²) in [6, 6.07) is 23.8. The summed E-state index contributed by atoms with van der Waals surface area (Å²) < 4.78 is 11.8. The standard InChI is InChI=1S/C34H26Cl2N2O5/c1-2-20-6-13-30(43-25-10-8-24(9-11-25)42-15-14-39)26(16-20)32-34(27-12-7-23(36)18-29(27)37-33(34)41)28(19-31(40)38-32)21-4-3-5-22(35)17-21/h1,3-13,16-18,28,32,39H,14-15,19H2,(H,37,41)(H,38,40). The summed E-state index contributed by atoms with van der Waals surface area (Å²) >= 11 is 12.8. The second kappa shape index (κ2) is 11.7. The highest BCUT2D eigenvalue weighted by Crippen LogP contribution is 2.58. The van der Waals surface area contributed by atoms with Crippen LogP contribution in [-0.4, -0.2) is 30.1 Å². The molecule has 1 saturated heterocycles. The smallest absolute Gasteiger partial charge is 0.238 e. The number of rotatable bonds is 7. The third-order valence-electron chi connectivity index (χ3n) is 7.90. The highest BCUT2D eigenvalue weighted by atomic mass is 35.5. The first kappa shape index (κ1) is 28.6. The Morgan fingerprint density at radius 2 is 1.72 bits per heavy atom. The van der Waals surface area contributed by atoms with Gasteiger partial charge >= 0.3 is 0 Å². The van der Waals surface area contributed by atoms with Crippen molar-refractivity contribution in [3.63, 3.8) is 0 Å². The number of amides is 2. The molecule has 2 amide bonds. The number of carbonyl (C=O) groups excluding carboxylic acids is 2. The Bertz CT molecular complexity index is 1770. The molecule has 216 valence electrons. The molecule has 0 radical (unpaired) electrons. The van der Waals surface area contributed by atoms with Crippen LogP contribution in [0.5, 0.6) is 17.2 Å². The van der Waals surface area contributed by atoms with E-state index in [-0.39, 0.29) is 31.4 Å². The number of anilines is 1. The van der Waals surface area contributed by atoms with Crippen molar-refractivity contribution >= 4 is 40.7 Å². The van der Waals surface area contributed by atoms with Gasteiger partial charge in [0, 0.05) is 39.2 Å². The van der Waals surface area contributed by atoms with Crippen LogP contribution in [0.4, 0.5) is 5.69 Å². The van der Waals surface area contributed by atoms with Crippen LogP contribution in [-0.2, 0) is 15.0 Å². The number of halogens is 2. The molecule has 9 heteroatoms.